The Morgan fingerprint density at radius 3 is 2.25 bits per heavy atom. The smallest absolute Gasteiger partial charge is 0.414 e. The van der Waals surface area contributed by atoms with Gasteiger partial charge in [-0.3, -0.25) is 14.9 Å². The van der Waals surface area contributed by atoms with Gasteiger partial charge >= 0.3 is 12.1 Å². The van der Waals surface area contributed by atoms with Crippen molar-refractivity contribution in [3.8, 4) is 0 Å². The average molecular weight is 457 g/mol. The van der Waals surface area contributed by atoms with E-state index in [-0.39, 0.29) is 30.5 Å². The molecule has 1 aliphatic rings. The number of nitrogens with two attached hydrogens (primary N) is 1. The monoisotopic (exact) mass is 456 g/mol. The fraction of sp³-hybridized carbons (Fsp3) is 0.818. The molecular formula is C22H40N4O6. The number of alkyl carbamates (subject to hydrolysis) is 1. The van der Waals surface area contributed by atoms with Gasteiger partial charge in [-0.15, -0.1) is 0 Å². The highest BCUT2D eigenvalue weighted by Crippen LogP contribution is 2.32. The van der Waals surface area contributed by atoms with Gasteiger partial charge in [0.25, 0.3) is 0 Å². The third-order valence-electron chi connectivity index (χ3n) is 5.06. The Kier molecular flexibility index (Phi) is 10.9. The van der Waals surface area contributed by atoms with E-state index in [1.165, 1.54) is 6.92 Å². The van der Waals surface area contributed by atoms with Crippen LogP contribution in [0.3, 0.4) is 0 Å². The zero-order valence-corrected chi connectivity index (χ0v) is 20.4. The first-order valence-corrected chi connectivity index (χ1v) is 11.3. The summed E-state index contributed by atoms with van der Waals surface area (Å²) in [4.78, 5) is 40.9. The topological polar surface area (TPSA) is 141 Å². The van der Waals surface area contributed by atoms with E-state index >= 15 is 0 Å². The Morgan fingerprint density at radius 2 is 1.75 bits per heavy atom. The summed E-state index contributed by atoms with van der Waals surface area (Å²) in [5.74, 6) is -1.22. The second-order valence-electron chi connectivity index (χ2n) is 8.97. The highest BCUT2D eigenvalue weighted by Gasteiger charge is 2.43. The minimum Gasteiger partial charge on any atom is -0.466 e. The fourth-order valence-corrected chi connectivity index (χ4v) is 3.71. The molecule has 0 spiro atoms. The van der Waals surface area contributed by atoms with Gasteiger partial charge in [-0.1, -0.05) is 13.8 Å². The van der Waals surface area contributed by atoms with Crippen LogP contribution in [-0.2, 0) is 23.8 Å². The first-order valence-electron chi connectivity index (χ1n) is 11.3. The van der Waals surface area contributed by atoms with Crippen LogP contribution in [0.2, 0.25) is 0 Å². The van der Waals surface area contributed by atoms with Crippen molar-refractivity contribution in [1.82, 2.24) is 10.6 Å². The van der Waals surface area contributed by atoms with Crippen LogP contribution < -0.4 is 16.4 Å². The number of hydrogen-bond acceptors (Lipinski definition) is 7. The highest BCUT2D eigenvalue weighted by atomic mass is 16.6. The number of nitrogens with zero attached hydrogens (tertiary/aromatic N) is 1. The number of ether oxygens (including phenoxy) is 3. The molecule has 1 rings (SSSR count). The van der Waals surface area contributed by atoms with E-state index in [0.717, 1.165) is 12.8 Å². The second-order valence-corrected chi connectivity index (χ2v) is 8.97. The fourth-order valence-electron chi connectivity index (χ4n) is 3.71. The van der Waals surface area contributed by atoms with Crippen LogP contribution in [0.25, 0.3) is 0 Å². The molecule has 1 fully saturated rings. The number of carbonyl (C=O) groups excluding carboxylic acids is 3. The lowest BCUT2D eigenvalue weighted by Crippen LogP contribution is -2.57. The van der Waals surface area contributed by atoms with Crippen molar-refractivity contribution in [2.75, 3.05) is 6.61 Å². The van der Waals surface area contributed by atoms with Crippen molar-refractivity contribution in [2.24, 2.45) is 16.6 Å². The van der Waals surface area contributed by atoms with E-state index in [2.05, 4.69) is 15.6 Å². The van der Waals surface area contributed by atoms with Crippen molar-refractivity contribution >= 4 is 23.9 Å². The van der Waals surface area contributed by atoms with Gasteiger partial charge in [-0.2, -0.15) is 0 Å². The van der Waals surface area contributed by atoms with Gasteiger partial charge in [-0.25, -0.2) is 9.79 Å². The third-order valence-corrected chi connectivity index (χ3v) is 5.06. The first kappa shape index (κ1) is 27.7. The second kappa shape index (κ2) is 12.6. The summed E-state index contributed by atoms with van der Waals surface area (Å²) < 4.78 is 16.7. The molecule has 0 radical (unpaired) electrons. The minimum absolute atomic E-state index is 0.0286. The average Bonchev–Trinajstić information content (AvgIpc) is 2.66. The van der Waals surface area contributed by atoms with Crippen molar-refractivity contribution < 1.29 is 28.6 Å². The summed E-state index contributed by atoms with van der Waals surface area (Å²) >= 11 is 0. The molecule has 0 aromatic carbocycles. The Morgan fingerprint density at radius 1 is 1.12 bits per heavy atom. The summed E-state index contributed by atoms with van der Waals surface area (Å²) in [5.41, 5.74) is 5.27. The predicted molar refractivity (Wildman–Crippen MR) is 121 cm³/mol. The number of aliphatic imine (C=N–C) groups is 1. The van der Waals surface area contributed by atoms with Crippen LogP contribution >= 0.6 is 0 Å². The number of hydrogen-bond donors (Lipinski definition) is 3. The van der Waals surface area contributed by atoms with Crippen LogP contribution in [0.5, 0.6) is 0 Å². The maximum Gasteiger partial charge on any atom is 0.414 e. The number of amides is 2. The normalized spacial score (nSPS) is 24.1. The van der Waals surface area contributed by atoms with Gasteiger partial charge in [0.15, 0.2) is 5.96 Å². The molecule has 4 N–H and O–H groups in total. The van der Waals surface area contributed by atoms with Gasteiger partial charge in [0, 0.05) is 6.92 Å². The van der Waals surface area contributed by atoms with Crippen LogP contribution in [-0.4, -0.2) is 60.4 Å². The molecular weight excluding hydrogens is 416 g/mol. The largest absolute Gasteiger partial charge is 0.466 e. The van der Waals surface area contributed by atoms with E-state index in [0.29, 0.717) is 12.8 Å². The van der Waals surface area contributed by atoms with Gasteiger partial charge in [-0.05, 0) is 53.4 Å². The van der Waals surface area contributed by atoms with Gasteiger partial charge in [0.1, 0.15) is 5.60 Å². The zero-order chi connectivity index (χ0) is 24.5. The number of rotatable bonds is 8. The molecule has 0 aromatic rings. The summed E-state index contributed by atoms with van der Waals surface area (Å²) in [5, 5.41) is 5.30. The molecule has 184 valence electrons. The highest BCUT2D eigenvalue weighted by molar-refractivity contribution is 5.93. The molecule has 4 unspecified atom stereocenters. The van der Waals surface area contributed by atoms with Crippen LogP contribution in [0.1, 0.15) is 74.1 Å². The van der Waals surface area contributed by atoms with E-state index < -0.39 is 35.8 Å². The molecule has 0 aromatic heterocycles. The maximum absolute atomic E-state index is 12.5. The lowest BCUT2D eigenvalue weighted by Gasteiger charge is -2.40. The first-order chi connectivity index (χ1) is 14.9. The number of carbonyl (C=O) groups is 3. The van der Waals surface area contributed by atoms with Gasteiger partial charge < -0.3 is 25.3 Å². The van der Waals surface area contributed by atoms with Crippen molar-refractivity contribution in [2.45, 2.75) is 104 Å². The molecule has 0 bridgehead atoms. The molecule has 0 heterocycles. The predicted octanol–water partition coefficient (Wildman–Crippen LogP) is 2.25. The Hall–Kier alpha value is -2.36. The molecule has 2 amide bonds. The Labute approximate surface area is 191 Å². The standard InChI is InChI=1S/C22H40N4O6/c1-8-15(9-2)31-17-12-14(19(28)30-10-3)11-16(18(17)24-13(4)27)25-20(23)26-21(29)32-22(5,6)7/h14-18H,8-12H2,1-7H3,(H,24,27)(H3,23,25,26,29). The number of nitrogens with one attached hydrogen (secondary N) is 2. The summed E-state index contributed by atoms with van der Waals surface area (Å²) in [6.45, 7) is 12.7. The molecule has 4 atom stereocenters. The number of esters is 1. The SMILES string of the molecule is CCOC(=O)C1CC(N=C(N)NC(=O)OC(C)(C)C)C(NC(C)=O)C(OC(CC)CC)C1. The van der Waals surface area contributed by atoms with Crippen LogP contribution in [0, 0.1) is 5.92 Å². The quantitative estimate of drug-likeness (QED) is 0.289. The summed E-state index contributed by atoms with van der Waals surface area (Å²) in [6, 6.07) is -1.12. The zero-order valence-electron chi connectivity index (χ0n) is 20.4. The van der Waals surface area contributed by atoms with E-state index in [9.17, 15) is 14.4 Å². The molecule has 0 saturated heterocycles. The third kappa shape index (κ3) is 9.42. The molecule has 10 nitrogen and oxygen atoms in total. The van der Waals surface area contributed by atoms with Crippen LogP contribution in [0.4, 0.5) is 4.79 Å². The molecule has 0 aliphatic heterocycles. The van der Waals surface area contributed by atoms with Crippen molar-refractivity contribution in [3.05, 3.63) is 0 Å². The summed E-state index contributed by atoms with van der Waals surface area (Å²) in [7, 11) is 0. The van der Waals surface area contributed by atoms with E-state index in [1.807, 2.05) is 13.8 Å². The molecule has 1 aliphatic carbocycles. The Bertz CT molecular complexity index is 672. The van der Waals surface area contributed by atoms with Gasteiger partial charge in [0.2, 0.25) is 5.91 Å². The Balaban J connectivity index is 3.19. The molecule has 10 heteroatoms. The minimum atomic E-state index is -0.739. The number of guanidine groups is 1. The van der Waals surface area contributed by atoms with E-state index in [4.69, 9.17) is 19.9 Å². The maximum atomic E-state index is 12.5. The van der Waals surface area contributed by atoms with E-state index in [1.54, 1.807) is 27.7 Å². The molecule has 32 heavy (non-hydrogen) atoms. The van der Waals surface area contributed by atoms with Crippen LogP contribution in [0.15, 0.2) is 4.99 Å². The van der Waals surface area contributed by atoms with Crippen molar-refractivity contribution in [3.63, 3.8) is 0 Å². The molecule has 1 saturated carbocycles. The van der Waals surface area contributed by atoms with Crippen molar-refractivity contribution in [1.29, 1.82) is 0 Å². The lowest BCUT2D eigenvalue weighted by molar-refractivity contribution is -0.153. The lowest BCUT2D eigenvalue weighted by atomic mass is 9.80. The van der Waals surface area contributed by atoms with Gasteiger partial charge in [0.05, 0.1) is 36.8 Å². The summed E-state index contributed by atoms with van der Waals surface area (Å²) in [6.07, 6.45) is 1.04.